The second-order valence-corrected chi connectivity index (χ2v) is 4.17. The lowest BCUT2D eigenvalue weighted by atomic mass is 10.0. The molecule has 0 N–H and O–H groups in total. The van der Waals surface area contributed by atoms with Crippen molar-refractivity contribution in [1.29, 1.82) is 0 Å². The highest BCUT2D eigenvalue weighted by atomic mass is 16.7. The Bertz CT molecular complexity index is 216. The molecule has 0 aromatic carbocycles. The van der Waals surface area contributed by atoms with Crippen molar-refractivity contribution in [1.82, 2.24) is 0 Å². The Kier molecular flexibility index (Phi) is 2.64. The van der Waals surface area contributed by atoms with Gasteiger partial charge in [-0.2, -0.15) is 0 Å². The van der Waals surface area contributed by atoms with Crippen LogP contribution in [-0.2, 0) is 9.47 Å². The summed E-state index contributed by atoms with van der Waals surface area (Å²) in [6, 6.07) is 0. The predicted octanol–water partition coefficient (Wildman–Crippen LogP) is 2.66. The van der Waals surface area contributed by atoms with Crippen molar-refractivity contribution >= 4 is 0 Å². The monoisotopic (exact) mass is 182 g/mol. The Morgan fingerprint density at radius 1 is 1.00 bits per heavy atom. The van der Waals surface area contributed by atoms with Crippen molar-refractivity contribution in [2.45, 2.75) is 45.7 Å². The van der Waals surface area contributed by atoms with Crippen LogP contribution in [0.3, 0.4) is 0 Å². The lowest BCUT2D eigenvalue weighted by Crippen LogP contribution is -2.23. The number of hydrogen-bond acceptors (Lipinski definition) is 2. The lowest BCUT2D eigenvalue weighted by Gasteiger charge is -2.16. The van der Waals surface area contributed by atoms with Gasteiger partial charge in [0.15, 0.2) is 5.79 Å². The van der Waals surface area contributed by atoms with Crippen LogP contribution >= 0.6 is 0 Å². The van der Waals surface area contributed by atoms with E-state index in [1.54, 1.807) is 0 Å². The summed E-state index contributed by atoms with van der Waals surface area (Å²) < 4.78 is 11.4. The molecule has 2 atom stereocenters. The minimum Gasteiger partial charge on any atom is -0.340 e. The molecule has 1 aliphatic heterocycles. The van der Waals surface area contributed by atoms with Crippen LogP contribution in [0.5, 0.6) is 0 Å². The molecule has 0 radical (unpaired) electrons. The SMILES string of the molecule is C=C(C)[C@H]1OC(C)(C)O[C@@H]1C(=C)C. The molecule has 0 aromatic heterocycles. The van der Waals surface area contributed by atoms with Gasteiger partial charge in [0.25, 0.3) is 0 Å². The van der Waals surface area contributed by atoms with Gasteiger partial charge in [-0.05, 0) is 38.8 Å². The van der Waals surface area contributed by atoms with Gasteiger partial charge in [0.2, 0.25) is 0 Å². The highest BCUT2D eigenvalue weighted by molar-refractivity contribution is 5.15. The van der Waals surface area contributed by atoms with Crippen LogP contribution in [0.1, 0.15) is 27.7 Å². The highest BCUT2D eigenvalue weighted by Crippen LogP contribution is 2.34. The van der Waals surface area contributed by atoms with E-state index in [0.29, 0.717) is 0 Å². The predicted molar refractivity (Wildman–Crippen MR) is 53.5 cm³/mol. The number of hydrogen-bond donors (Lipinski definition) is 0. The molecule has 2 nitrogen and oxygen atoms in total. The largest absolute Gasteiger partial charge is 0.340 e. The van der Waals surface area contributed by atoms with Gasteiger partial charge in [0.05, 0.1) is 0 Å². The molecule has 13 heavy (non-hydrogen) atoms. The first kappa shape index (κ1) is 10.5. The first-order chi connectivity index (χ1) is 5.83. The maximum atomic E-state index is 5.70. The number of rotatable bonds is 2. The smallest absolute Gasteiger partial charge is 0.164 e. The molecule has 0 aliphatic carbocycles. The van der Waals surface area contributed by atoms with E-state index >= 15 is 0 Å². The molecular weight excluding hydrogens is 164 g/mol. The topological polar surface area (TPSA) is 18.5 Å². The van der Waals surface area contributed by atoms with Crippen LogP contribution in [0.25, 0.3) is 0 Å². The zero-order valence-electron chi connectivity index (χ0n) is 8.89. The summed E-state index contributed by atoms with van der Waals surface area (Å²) in [7, 11) is 0. The summed E-state index contributed by atoms with van der Waals surface area (Å²) in [5.74, 6) is -0.521. The van der Waals surface area contributed by atoms with Crippen LogP contribution in [0.15, 0.2) is 24.3 Å². The average Bonchev–Trinajstić information content (AvgIpc) is 2.26. The zero-order valence-corrected chi connectivity index (χ0v) is 8.89. The van der Waals surface area contributed by atoms with Gasteiger partial charge in [-0.15, -0.1) is 0 Å². The summed E-state index contributed by atoms with van der Waals surface area (Å²) >= 11 is 0. The molecule has 74 valence electrons. The average molecular weight is 182 g/mol. The molecule has 1 saturated heterocycles. The molecule has 0 unspecified atom stereocenters. The van der Waals surface area contributed by atoms with Crippen molar-refractivity contribution in [3.63, 3.8) is 0 Å². The van der Waals surface area contributed by atoms with E-state index in [9.17, 15) is 0 Å². The van der Waals surface area contributed by atoms with Crippen LogP contribution in [-0.4, -0.2) is 18.0 Å². The van der Waals surface area contributed by atoms with Crippen LogP contribution in [0.2, 0.25) is 0 Å². The van der Waals surface area contributed by atoms with Gasteiger partial charge >= 0.3 is 0 Å². The number of ether oxygens (including phenoxy) is 2. The zero-order chi connectivity index (χ0) is 10.2. The van der Waals surface area contributed by atoms with Gasteiger partial charge < -0.3 is 9.47 Å². The lowest BCUT2D eigenvalue weighted by molar-refractivity contribution is -0.140. The Morgan fingerprint density at radius 2 is 1.31 bits per heavy atom. The summed E-state index contributed by atoms with van der Waals surface area (Å²) in [6.45, 7) is 15.5. The third-order valence-corrected chi connectivity index (χ3v) is 2.07. The molecule has 1 heterocycles. The van der Waals surface area contributed by atoms with Gasteiger partial charge in [-0.1, -0.05) is 13.2 Å². The van der Waals surface area contributed by atoms with Crippen molar-refractivity contribution in [2.24, 2.45) is 0 Å². The fourth-order valence-electron chi connectivity index (χ4n) is 1.48. The molecular formula is C11H18O2. The Hall–Kier alpha value is -0.600. The molecule has 2 heteroatoms. The third-order valence-electron chi connectivity index (χ3n) is 2.07. The van der Waals surface area contributed by atoms with E-state index < -0.39 is 5.79 Å². The third kappa shape index (κ3) is 2.20. The van der Waals surface area contributed by atoms with E-state index in [1.165, 1.54) is 0 Å². The normalized spacial score (nSPS) is 31.7. The molecule has 0 spiro atoms. The summed E-state index contributed by atoms with van der Waals surface area (Å²) in [4.78, 5) is 0. The Balaban J connectivity index is 2.83. The summed E-state index contributed by atoms with van der Waals surface area (Å²) in [6.07, 6.45) is -0.0972. The molecule has 0 aromatic rings. The minimum absolute atomic E-state index is 0.0486. The van der Waals surface area contributed by atoms with E-state index in [2.05, 4.69) is 13.2 Å². The van der Waals surface area contributed by atoms with E-state index in [0.717, 1.165) is 11.1 Å². The maximum Gasteiger partial charge on any atom is 0.164 e. The Morgan fingerprint density at radius 3 is 1.54 bits per heavy atom. The van der Waals surface area contributed by atoms with Crippen LogP contribution in [0, 0.1) is 0 Å². The molecule has 0 amide bonds. The fourth-order valence-corrected chi connectivity index (χ4v) is 1.48. The van der Waals surface area contributed by atoms with Crippen molar-refractivity contribution in [2.75, 3.05) is 0 Å². The highest BCUT2D eigenvalue weighted by Gasteiger charge is 2.41. The fraction of sp³-hybridized carbons (Fsp3) is 0.636. The van der Waals surface area contributed by atoms with Gasteiger partial charge in [0, 0.05) is 0 Å². The summed E-state index contributed by atoms with van der Waals surface area (Å²) in [5, 5.41) is 0. The molecule has 1 fully saturated rings. The molecule has 1 aliphatic rings. The quantitative estimate of drug-likeness (QED) is 0.611. The van der Waals surface area contributed by atoms with Crippen LogP contribution in [0.4, 0.5) is 0 Å². The molecule has 0 saturated carbocycles. The van der Waals surface area contributed by atoms with E-state index in [-0.39, 0.29) is 12.2 Å². The van der Waals surface area contributed by atoms with Gasteiger partial charge in [-0.3, -0.25) is 0 Å². The van der Waals surface area contributed by atoms with Crippen LogP contribution < -0.4 is 0 Å². The second-order valence-electron chi connectivity index (χ2n) is 4.17. The first-order valence-corrected chi connectivity index (χ1v) is 4.50. The summed E-state index contributed by atoms with van der Waals surface area (Å²) in [5.41, 5.74) is 1.97. The van der Waals surface area contributed by atoms with Crippen molar-refractivity contribution in [3.05, 3.63) is 24.3 Å². The van der Waals surface area contributed by atoms with E-state index in [4.69, 9.17) is 9.47 Å². The van der Waals surface area contributed by atoms with Gasteiger partial charge in [0.1, 0.15) is 12.2 Å². The molecule has 1 rings (SSSR count). The standard InChI is InChI=1S/C11H18O2/c1-7(2)9-10(8(3)4)13-11(5,6)12-9/h9-10H,1,3H2,2,4-6H3/t9-,10-/m1/s1. The first-order valence-electron chi connectivity index (χ1n) is 4.50. The van der Waals surface area contributed by atoms with E-state index in [1.807, 2.05) is 27.7 Å². The van der Waals surface area contributed by atoms with Crippen molar-refractivity contribution < 1.29 is 9.47 Å². The second kappa shape index (κ2) is 3.28. The van der Waals surface area contributed by atoms with Gasteiger partial charge in [-0.25, -0.2) is 0 Å². The molecule has 0 bridgehead atoms. The van der Waals surface area contributed by atoms with Crippen molar-refractivity contribution in [3.8, 4) is 0 Å². The minimum atomic E-state index is -0.521. The Labute approximate surface area is 80.2 Å². The maximum absolute atomic E-state index is 5.70.